The Morgan fingerprint density at radius 2 is 2.14 bits per heavy atom. The molecule has 0 unspecified atom stereocenters. The Morgan fingerprint density at radius 1 is 1.36 bits per heavy atom. The summed E-state index contributed by atoms with van der Waals surface area (Å²) in [5, 5.41) is 6.89. The lowest BCUT2D eigenvalue weighted by molar-refractivity contribution is 0.329. The number of aliphatic imine (C=N–C) groups is 1. The van der Waals surface area contributed by atoms with E-state index in [-0.39, 0.29) is 0 Å². The van der Waals surface area contributed by atoms with Gasteiger partial charge in [-0.25, -0.2) is 9.98 Å². The average Bonchev–Trinajstić information content (AvgIpc) is 2.55. The van der Waals surface area contributed by atoms with Crippen molar-refractivity contribution in [3.8, 4) is 5.88 Å². The molecule has 1 aromatic heterocycles. The molecule has 0 amide bonds. The van der Waals surface area contributed by atoms with E-state index in [1.807, 2.05) is 12.1 Å². The van der Waals surface area contributed by atoms with Crippen molar-refractivity contribution in [1.29, 1.82) is 0 Å². The molecule has 1 saturated carbocycles. The lowest BCUT2D eigenvalue weighted by Crippen LogP contribution is -2.44. The highest BCUT2D eigenvalue weighted by Crippen LogP contribution is 2.23. The fraction of sp³-hybridized carbons (Fsp3) is 0.647. The summed E-state index contributed by atoms with van der Waals surface area (Å²) in [5.74, 6) is 2.39. The molecule has 0 spiro atoms. The second-order valence-electron chi connectivity index (χ2n) is 5.97. The van der Waals surface area contributed by atoms with Crippen molar-refractivity contribution in [3.05, 3.63) is 23.9 Å². The van der Waals surface area contributed by atoms with Crippen molar-refractivity contribution in [1.82, 2.24) is 15.6 Å². The molecule has 0 saturated heterocycles. The second-order valence-corrected chi connectivity index (χ2v) is 5.97. The summed E-state index contributed by atoms with van der Waals surface area (Å²) < 4.78 is 5.28. The summed E-state index contributed by atoms with van der Waals surface area (Å²) in [6, 6.07) is 4.45. The van der Waals surface area contributed by atoms with Crippen LogP contribution in [0.4, 0.5) is 0 Å². The third-order valence-corrected chi connectivity index (χ3v) is 4.15. The quantitative estimate of drug-likeness (QED) is 0.649. The second kappa shape index (κ2) is 8.61. The van der Waals surface area contributed by atoms with Gasteiger partial charge in [0.15, 0.2) is 5.96 Å². The molecule has 1 aliphatic rings. The third kappa shape index (κ3) is 4.90. The van der Waals surface area contributed by atoms with Gasteiger partial charge in [-0.1, -0.05) is 13.0 Å². The first kappa shape index (κ1) is 16.6. The molecule has 0 atom stereocenters. The summed E-state index contributed by atoms with van der Waals surface area (Å²) in [6.45, 7) is 5.85. The van der Waals surface area contributed by atoms with Crippen LogP contribution in [0.25, 0.3) is 0 Å². The third-order valence-electron chi connectivity index (χ3n) is 4.15. The summed E-state index contributed by atoms with van der Waals surface area (Å²) in [7, 11) is 1.64. The zero-order chi connectivity index (χ0) is 15.8. The van der Waals surface area contributed by atoms with E-state index in [9.17, 15) is 0 Å². The van der Waals surface area contributed by atoms with Gasteiger partial charge in [-0.05, 0) is 44.6 Å². The Labute approximate surface area is 133 Å². The molecule has 1 heterocycles. The van der Waals surface area contributed by atoms with Crippen LogP contribution in [-0.4, -0.2) is 30.6 Å². The monoisotopic (exact) mass is 304 g/mol. The van der Waals surface area contributed by atoms with Crippen LogP contribution in [0.15, 0.2) is 23.3 Å². The zero-order valence-electron chi connectivity index (χ0n) is 13.9. The molecule has 0 aromatic carbocycles. The molecule has 5 nitrogen and oxygen atoms in total. The summed E-state index contributed by atoms with van der Waals surface area (Å²) >= 11 is 0. The van der Waals surface area contributed by atoms with E-state index in [0.29, 0.717) is 18.5 Å². The highest BCUT2D eigenvalue weighted by atomic mass is 16.5. The molecular weight excluding hydrogens is 276 g/mol. The summed E-state index contributed by atoms with van der Waals surface area (Å²) in [6.07, 6.45) is 6.78. The normalized spacial score (nSPS) is 22.2. The molecule has 22 heavy (non-hydrogen) atoms. The average molecular weight is 304 g/mol. The van der Waals surface area contributed by atoms with Crippen LogP contribution in [0.2, 0.25) is 0 Å². The lowest BCUT2D eigenvalue weighted by Gasteiger charge is -2.28. The van der Waals surface area contributed by atoms with E-state index in [1.54, 1.807) is 13.3 Å². The molecule has 0 aliphatic heterocycles. The van der Waals surface area contributed by atoms with Crippen molar-refractivity contribution >= 4 is 5.96 Å². The van der Waals surface area contributed by atoms with E-state index in [1.165, 1.54) is 25.7 Å². The van der Waals surface area contributed by atoms with E-state index in [4.69, 9.17) is 4.74 Å². The smallest absolute Gasteiger partial charge is 0.218 e. The minimum Gasteiger partial charge on any atom is -0.481 e. The van der Waals surface area contributed by atoms with Crippen molar-refractivity contribution in [3.63, 3.8) is 0 Å². The van der Waals surface area contributed by atoms with E-state index >= 15 is 0 Å². The fourth-order valence-corrected chi connectivity index (χ4v) is 2.81. The number of rotatable bonds is 5. The molecule has 0 bridgehead atoms. The van der Waals surface area contributed by atoms with Gasteiger partial charge in [-0.3, -0.25) is 0 Å². The van der Waals surface area contributed by atoms with Crippen LogP contribution in [0.3, 0.4) is 0 Å². The van der Waals surface area contributed by atoms with Gasteiger partial charge in [0.25, 0.3) is 0 Å². The molecule has 122 valence electrons. The molecule has 0 radical (unpaired) electrons. The Morgan fingerprint density at radius 3 is 2.82 bits per heavy atom. The van der Waals surface area contributed by atoms with Crippen LogP contribution < -0.4 is 15.4 Å². The first-order chi connectivity index (χ1) is 10.7. The van der Waals surface area contributed by atoms with Gasteiger partial charge in [0.2, 0.25) is 5.88 Å². The van der Waals surface area contributed by atoms with Gasteiger partial charge in [-0.15, -0.1) is 0 Å². The van der Waals surface area contributed by atoms with E-state index < -0.39 is 0 Å². The number of nitrogens with zero attached hydrogens (tertiary/aromatic N) is 2. The van der Waals surface area contributed by atoms with Crippen LogP contribution in [0, 0.1) is 5.92 Å². The topological polar surface area (TPSA) is 58.5 Å². The summed E-state index contributed by atoms with van der Waals surface area (Å²) in [4.78, 5) is 8.89. The Hall–Kier alpha value is -1.78. The number of methoxy groups -OCH3 is 1. The van der Waals surface area contributed by atoms with Gasteiger partial charge in [0.1, 0.15) is 0 Å². The first-order valence-electron chi connectivity index (χ1n) is 8.25. The number of hydrogen-bond donors (Lipinski definition) is 2. The van der Waals surface area contributed by atoms with Gasteiger partial charge in [-0.2, -0.15) is 0 Å². The van der Waals surface area contributed by atoms with Gasteiger partial charge in [0.05, 0.1) is 13.7 Å². The van der Waals surface area contributed by atoms with Gasteiger partial charge in [0, 0.05) is 24.3 Å². The van der Waals surface area contributed by atoms with Crippen molar-refractivity contribution in [2.45, 2.75) is 52.1 Å². The van der Waals surface area contributed by atoms with Crippen molar-refractivity contribution in [2.24, 2.45) is 10.9 Å². The molecule has 2 rings (SSSR count). The maximum absolute atomic E-state index is 5.28. The van der Waals surface area contributed by atoms with E-state index in [2.05, 4.69) is 34.5 Å². The number of nitrogens with one attached hydrogen (secondary N) is 2. The van der Waals surface area contributed by atoms with Crippen LogP contribution in [-0.2, 0) is 6.54 Å². The highest BCUT2D eigenvalue weighted by Gasteiger charge is 2.18. The lowest BCUT2D eigenvalue weighted by atomic mass is 9.87. The van der Waals surface area contributed by atoms with Crippen LogP contribution in [0.5, 0.6) is 5.88 Å². The van der Waals surface area contributed by atoms with Crippen molar-refractivity contribution < 1.29 is 4.74 Å². The molecule has 1 fully saturated rings. The van der Waals surface area contributed by atoms with Gasteiger partial charge < -0.3 is 15.4 Å². The van der Waals surface area contributed by atoms with E-state index in [0.717, 1.165) is 24.0 Å². The molecule has 5 heteroatoms. The SMILES string of the molecule is CCNC(=NCc1cccnc1OC)NC1CCC(C)CC1. The highest BCUT2D eigenvalue weighted by molar-refractivity contribution is 5.80. The Kier molecular flexibility index (Phi) is 6.49. The van der Waals surface area contributed by atoms with Crippen LogP contribution >= 0.6 is 0 Å². The predicted octanol–water partition coefficient (Wildman–Crippen LogP) is 2.72. The van der Waals surface area contributed by atoms with Crippen molar-refractivity contribution in [2.75, 3.05) is 13.7 Å². The number of hydrogen-bond acceptors (Lipinski definition) is 3. The van der Waals surface area contributed by atoms with Gasteiger partial charge >= 0.3 is 0 Å². The molecule has 1 aliphatic carbocycles. The summed E-state index contributed by atoms with van der Waals surface area (Å²) in [5.41, 5.74) is 1.000. The number of aromatic nitrogens is 1. The fourth-order valence-electron chi connectivity index (χ4n) is 2.81. The Balaban J connectivity index is 1.97. The minimum atomic E-state index is 0.532. The largest absolute Gasteiger partial charge is 0.481 e. The number of guanidine groups is 1. The molecule has 2 N–H and O–H groups in total. The zero-order valence-corrected chi connectivity index (χ0v) is 13.9. The first-order valence-corrected chi connectivity index (χ1v) is 8.25. The number of ether oxygens (including phenoxy) is 1. The minimum absolute atomic E-state index is 0.532. The number of pyridine rings is 1. The predicted molar refractivity (Wildman–Crippen MR) is 90.2 cm³/mol. The maximum atomic E-state index is 5.28. The van der Waals surface area contributed by atoms with Crippen LogP contribution in [0.1, 0.15) is 45.1 Å². The standard InChI is InChI=1S/C17H28N4O/c1-4-18-17(21-15-9-7-13(2)8-10-15)20-12-14-6-5-11-19-16(14)22-3/h5-6,11,13,15H,4,7-10,12H2,1-3H3,(H2,18,20,21). The molecular formula is C17H28N4O. The molecule has 1 aromatic rings. The Bertz CT molecular complexity index is 481. The maximum Gasteiger partial charge on any atom is 0.218 e.